The number of fused-ring (bicyclic) bond motifs is 4. The first-order valence-corrected chi connectivity index (χ1v) is 18.4. The maximum absolute atomic E-state index is 13.3. The number of benzene rings is 6. The van der Waals surface area contributed by atoms with E-state index in [9.17, 15) is 19.2 Å². The molecule has 0 saturated heterocycles. The summed E-state index contributed by atoms with van der Waals surface area (Å²) in [5, 5.41) is 8.33. The first-order chi connectivity index (χ1) is 26.8. The van der Waals surface area contributed by atoms with Gasteiger partial charge in [-0.2, -0.15) is 0 Å². The summed E-state index contributed by atoms with van der Waals surface area (Å²) < 4.78 is 29.0. The first-order valence-electron chi connectivity index (χ1n) is 18.4. The number of methoxy groups -OCH3 is 2. The average Bonchev–Trinajstić information content (AvgIpc) is 3.21. The smallest absolute Gasteiger partial charge is 0.346 e. The molecule has 0 aliphatic carbocycles. The first kappa shape index (κ1) is 34.1. The van der Waals surface area contributed by atoms with E-state index in [0.717, 1.165) is 62.9 Å². The van der Waals surface area contributed by atoms with E-state index in [2.05, 4.69) is 6.92 Å². The molecular formula is C45H35NO9. The molecule has 10 aromatic rings. The van der Waals surface area contributed by atoms with Gasteiger partial charge in [0, 0.05) is 49.6 Å². The van der Waals surface area contributed by atoms with Gasteiger partial charge in [0.1, 0.15) is 33.8 Å². The van der Waals surface area contributed by atoms with Gasteiger partial charge in [0.15, 0.2) is 0 Å². The Morgan fingerprint density at radius 1 is 0.455 bits per heavy atom. The van der Waals surface area contributed by atoms with E-state index >= 15 is 0 Å². The lowest BCUT2D eigenvalue weighted by Gasteiger charge is -2.14. The maximum Gasteiger partial charge on any atom is 0.346 e. The topological polar surface area (TPSA) is 131 Å². The van der Waals surface area contributed by atoms with Crippen molar-refractivity contribution in [1.82, 2.24) is 4.57 Å². The molecule has 0 aliphatic heterocycles. The van der Waals surface area contributed by atoms with Crippen LogP contribution in [-0.4, -0.2) is 18.8 Å². The monoisotopic (exact) mass is 733 g/mol. The van der Waals surface area contributed by atoms with E-state index in [4.69, 9.17) is 22.7 Å². The summed E-state index contributed by atoms with van der Waals surface area (Å²) in [6.07, 6.45) is 5.34. The number of unbranched alkanes of at least 4 members (excludes halogenated alkanes) is 4. The average molecular weight is 734 g/mol. The van der Waals surface area contributed by atoms with E-state index in [1.165, 1.54) is 17.4 Å². The molecule has 0 N–H and O–H groups in total. The van der Waals surface area contributed by atoms with Crippen LogP contribution in [0.4, 0.5) is 0 Å². The summed E-state index contributed by atoms with van der Waals surface area (Å²) in [4.78, 5) is 50.6. The molecule has 10 rings (SSSR count). The molecule has 0 radical (unpaired) electrons. The minimum atomic E-state index is -0.632. The maximum atomic E-state index is 13.3. The highest BCUT2D eigenvalue weighted by molar-refractivity contribution is 6.27. The molecule has 6 aromatic carbocycles. The number of hydrogen-bond donors (Lipinski definition) is 0. The van der Waals surface area contributed by atoms with E-state index < -0.39 is 11.3 Å². The van der Waals surface area contributed by atoms with Crippen LogP contribution in [0.5, 0.6) is 11.5 Å². The second-order valence-electron chi connectivity index (χ2n) is 13.8. The standard InChI is InChI=1S/C26H25NO4.C19H10O5/c1-3-4-5-6-7-14-27-25(28)18-10-9-17-20-15-16(30-2)8-12-21(20)31-22-13-11-19(26(27)29)23(18)24(17)22;1-22-9-2-6-14-13(8-9)10-3-4-11-16-12(19(21)24-18(11)20)5-7-15(23-14)17(10)16/h8-13,15H,3-7,14H2,1-2H3;2-8H,1H3. The van der Waals surface area contributed by atoms with Gasteiger partial charge in [0.25, 0.3) is 11.1 Å². The molecule has 55 heavy (non-hydrogen) atoms. The Bertz CT molecular complexity index is 3290. The van der Waals surface area contributed by atoms with Crippen molar-refractivity contribution in [2.45, 2.75) is 45.6 Å². The van der Waals surface area contributed by atoms with Crippen LogP contribution >= 0.6 is 0 Å². The third-order valence-electron chi connectivity index (χ3n) is 10.7. The van der Waals surface area contributed by atoms with Gasteiger partial charge in [-0.05, 0) is 90.0 Å². The van der Waals surface area contributed by atoms with Crippen molar-refractivity contribution < 1.29 is 22.7 Å². The van der Waals surface area contributed by atoms with Crippen molar-refractivity contribution in [2.75, 3.05) is 14.2 Å². The SMILES string of the molecule is CCCCCCCn1c(=O)c2ccc3oc4ccc(OC)cc4c4ccc(c1=O)c2c34.COc1ccc2oc3ccc4c(=O)oc(=O)c5ccc(c2c1)c3c45. The minimum absolute atomic E-state index is 0.215. The van der Waals surface area contributed by atoms with Gasteiger partial charge in [-0.15, -0.1) is 0 Å². The van der Waals surface area contributed by atoms with Gasteiger partial charge >= 0.3 is 11.3 Å². The Kier molecular flexibility index (Phi) is 8.26. The fraction of sp³-hybridized carbons (Fsp3) is 0.200. The molecule has 4 heterocycles. The van der Waals surface area contributed by atoms with Gasteiger partial charge in [0.05, 0.1) is 25.0 Å². The van der Waals surface area contributed by atoms with Crippen LogP contribution in [0.2, 0.25) is 0 Å². The Morgan fingerprint density at radius 2 is 0.891 bits per heavy atom. The summed E-state index contributed by atoms with van der Waals surface area (Å²) in [7, 11) is 3.23. The molecule has 0 amide bonds. The zero-order valence-corrected chi connectivity index (χ0v) is 30.4. The second-order valence-corrected chi connectivity index (χ2v) is 13.8. The third-order valence-corrected chi connectivity index (χ3v) is 10.7. The summed E-state index contributed by atoms with van der Waals surface area (Å²) in [6.45, 7) is 2.63. The highest BCUT2D eigenvalue weighted by Gasteiger charge is 2.20. The molecule has 0 fully saturated rings. The van der Waals surface area contributed by atoms with Crippen LogP contribution in [0.3, 0.4) is 0 Å². The van der Waals surface area contributed by atoms with Gasteiger partial charge in [-0.25, -0.2) is 9.59 Å². The summed E-state index contributed by atoms with van der Waals surface area (Å²) in [6, 6.07) is 25.6. The van der Waals surface area contributed by atoms with Crippen LogP contribution < -0.4 is 31.8 Å². The van der Waals surface area contributed by atoms with E-state index in [-0.39, 0.29) is 11.1 Å². The Hall–Kier alpha value is -6.68. The molecule has 0 bridgehead atoms. The Morgan fingerprint density at radius 3 is 1.42 bits per heavy atom. The van der Waals surface area contributed by atoms with Crippen molar-refractivity contribution in [3.05, 3.63) is 126 Å². The van der Waals surface area contributed by atoms with E-state index in [1.54, 1.807) is 38.5 Å². The predicted molar refractivity (Wildman–Crippen MR) is 217 cm³/mol. The number of pyridine rings is 1. The number of nitrogens with zero attached hydrogens (tertiary/aromatic N) is 1. The van der Waals surface area contributed by atoms with Crippen LogP contribution in [0.25, 0.3) is 87.0 Å². The second kappa shape index (κ2) is 13.3. The van der Waals surface area contributed by atoms with Gasteiger partial charge in [-0.1, -0.05) is 44.7 Å². The fourth-order valence-corrected chi connectivity index (χ4v) is 8.01. The predicted octanol–water partition coefficient (Wildman–Crippen LogP) is 9.48. The summed E-state index contributed by atoms with van der Waals surface area (Å²) >= 11 is 0. The molecule has 0 spiro atoms. The van der Waals surface area contributed by atoms with Crippen molar-refractivity contribution in [3.63, 3.8) is 0 Å². The molecular weight excluding hydrogens is 698 g/mol. The van der Waals surface area contributed by atoms with Gasteiger partial charge in [-0.3, -0.25) is 14.2 Å². The zero-order chi connectivity index (χ0) is 38.0. The van der Waals surface area contributed by atoms with Crippen LogP contribution in [0, 0.1) is 0 Å². The Balaban J connectivity index is 0.000000149. The molecule has 10 nitrogen and oxygen atoms in total. The van der Waals surface area contributed by atoms with Gasteiger partial charge in [0.2, 0.25) is 0 Å². The van der Waals surface area contributed by atoms with Crippen molar-refractivity contribution >= 4 is 87.0 Å². The summed E-state index contributed by atoms with van der Waals surface area (Å²) in [5.41, 5.74) is 1.03. The highest BCUT2D eigenvalue weighted by Crippen LogP contribution is 2.39. The lowest BCUT2D eigenvalue weighted by Crippen LogP contribution is -2.33. The quantitative estimate of drug-likeness (QED) is 0.0851. The lowest BCUT2D eigenvalue weighted by molar-refractivity contribution is 0.415. The van der Waals surface area contributed by atoms with Crippen molar-refractivity contribution in [2.24, 2.45) is 0 Å². The van der Waals surface area contributed by atoms with Gasteiger partial charge < -0.3 is 22.7 Å². The van der Waals surface area contributed by atoms with E-state index in [1.807, 2.05) is 60.7 Å². The largest absolute Gasteiger partial charge is 0.497 e. The van der Waals surface area contributed by atoms with Crippen LogP contribution in [0.1, 0.15) is 39.0 Å². The number of ether oxygens (including phenoxy) is 2. The molecule has 0 unspecified atom stereocenters. The minimum Gasteiger partial charge on any atom is -0.497 e. The molecule has 10 heteroatoms. The molecule has 274 valence electrons. The normalized spacial score (nSPS) is 11.9. The molecule has 0 aliphatic rings. The number of rotatable bonds is 8. The van der Waals surface area contributed by atoms with Crippen molar-refractivity contribution in [1.29, 1.82) is 0 Å². The highest BCUT2D eigenvalue weighted by atomic mass is 16.5. The molecule has 0 atom stereocenters. The summed E-state index contributed by atoms with van der Waals surface area (Å²) in [5.74, 6) is 1.43. The number of aromatic nitrogens is 1. The number of hydrogen-bond acceptors (Lipinski definition) is 9. The van der Waals surface area contributed by atoms with Crippen molar-refractivity contribution in [3.8, 4) is 11.5 Å². The van der Waals surface area contributed by atoms with Crippen LogP contribution in [-0.2, 0) is 6.54 Å². The molecule has 0 saturated carbocycles. The molecule has 4 aromatic heterocycles. The fourth-order valence-electron chi connectivity index (χ4n) is 8.01. The third kappa shape index (κ3) is 5.39. The lowest BCUT2D eigenvalue weighted by atomic mass is 9.96. The Labute approximate surface area is 311 Å². The zero-order valence-electron chi connectivity index (χ0n) is 30.4. The van der Waals surface area contributed by atoms with E-state index in [0.29, 0.717) is 61.4 Å². The van der Waals surface area contributed by atoms with Crippen LogP contribution in [0.15, 0.2) is 117 Å².